The zero-order chi connectivity index (χ0) is 12.3. The summed E-state index contributed by atoms with van der Waals surface area (Å²) in [6.07, 6.45) is 0.772. The highest BCUT2D eigenvalue weighted by atomic mass is 32.2. The van der Waals surface area contributed by atoms with Crippen molar-refractivity contribution < 1.29 is 9.72 Å². The van der Waals surface area contributed by atoms with Crippen LogP contribution in [0.5, 0.6) is 0 Å². The lowest BCUT2D eigenvalue weighted by atomic mass is 10.3. The third-order valence-electron chi connectivity index (χ3n) is 2.00. The van der Waals surface area contributed by atoms with Crippen molar-refractivity contribution in [1.29, 1.82) is 0 Å². The number of nitro benzene ring substituents is 1. The first kappa shape index (κ1) is 11.8. The normalized spacial score (nSPS) is 10.1. The Bertz CT molecular complexity index is 565. The van der Waals surface area contributed by atoms with Gasteiger partial charge in [-0.3, -0.25) is 14.9 Å². The number of nitrogens with zero attached hydrogens (tertiary/aromatic N) is 1. The highest BCUT2D eigenvalue weighted by Crippen LogP contribution is 2.36. The molecule has 0 saturated carbocycles. The van der Waals surface area contributed by atoms with Gasteiger partial charge in [-0.15, -0.1) is 11.3 Å². The first-order valence-corrected chi connectivity index (χ1v) is 6.35. The van der Waals surface area contributed by atoms with E-state index in [4.69, 9.17) is 0 Å². The molecule has 0 aliphatic rings. The SMILES string of the molecule is O=Cc1cc(Sc2ccccc2[N+](=O)[O-])cs1. The van der Waals surface area contributed by atoms with E-state index in [9.17, 15) is 14.9 Å². The first-order valence-electron chi connectivity index (χ1n) is 4.65. The maximum Gasteiger partial charge on any atom is 0.283 e. The summed E-state index contributed by atoms with van der Waals surface area (Å²) in [4.78, 5) is 23.0. The van der Waals surface area contributed by atoms with Crippen LogP contribution < -0.4 is 0 Å². The van der Waals surface area contributed by atoms with E-state index in [1.54, 1.807) is 24.3 Å². The van der Waals surface area contributed by atoms with E-state index in [0.29, 0.717) is 9.77 Å². The van der Waals surface area contributed by atoms with Crippen molar-refractivity contribution in [1.82, 2.24) is 0 Å². The molecule has 2 rings (SSSR count). The smallest absolute Gasteiger partial charge is 0.283 e. The highest BCUT2D eigenvalue weighted by molar-refractivity contribution is 7.99. The lowest BCUT2D eigenvalue weighted by Gasteiger charge is -1.99. The minimum atomic E-state index is -0.407. The Labute approximate surface area is 105 Å². The number of thiophene rings is 1. The van der Waals surface area contributed by atoms with Crippen LogP contribution >= 0.6 is 23.1 Å². The maximum absolute atomic E-state index is 10.8. The fourth-order valence-corrected chi connectivity index (χ4v) is 3.09. The summed E-state index contributed by atoms with van der Waals surface area (Å²) < 4.78 is 0. The van der Waals surface area contributed by atoms with E-state index in [1.165, 1.54) is 29.2 Å². The van der Waals surface area contributed by atoms with Gasteiger partial charge in [0.15, 0.2) is 6.29 Å². The average molecular weight is 265 g/mol. The summed E-state index contributed by atoms with van der Waals surface area (Å²) in [5.41, 5.74) is 0.0800. The average Bonchev–Trinajstić information content (AvgIpc) is 2.77. The van der Waals surface area contributed by atoms with Gasteiger partial charge in [0, 0.05) is 16.3 Å². The molecular formula is C11H7NO3S2. The molecule has 0 amide bonds. The molecule has 0 aliphatic heterocycles. The van der Waals surface area contributed by atoms with E-state index < -0.39 is 4.92 Å². The number of para-hydroxylation sites is 1. The Kier molecular flexibility index (Phi) is 3.55. The van der Waals surface area contributed by atoms with Crippen LogP contribution in [0.1, 0.15) is 9.67 Å². The van der Waals surface area contributed by atoms with Gasteiger partial charge >= 0.3 is 0 Å². The van der Waals surface area contributed by atoms with Gasteiger partial charge in [-0.1, -0.05) is 23.9 Å². The van der Waals surface area contributed by atoms with Crippen LogP contribution in [0.4, 0.5) is 5.69 Å². The van der Waals surface area contributed by atoms with E-state index in [-0.39, 0.29) is 5.69 Å². The largest absolute Gasteiger partial charge is 0.297 e. The number of nitro groups is 1. The molecule has 2 aromatic rings. The molecule has 0 aliphatic carbocycles. The summed E-state index contributed by atoms with van der Waals surface area (Å²) in [6.45, 7) is 0. The van der Waals surface area contributed by atoms with Crippen molar-refractivity contribution >= 4 is 35.1 Å². The third-order valence-corrected chi connectivity index (χ3v) is 4.05. The second-order valence-corrected chi connectivity index (χ2v) is 5.19. The van der Waals surface area contributed by atoms with E-state index in [0.717, 1.165) is 11.2 Å². The Balaban J connectivity index is 2.29. The van der Waals surface area contributed by atoms with Crippen LogP contribution in [0.15, 0.2) is 45.5 Å². The molecule has 0 atom stereocenters. The monoisotopic (exact) mass is 265 g/mol. The minimum Gasteiger partial charge on any atom is -0.297 e. The second-order valence-electron chi connectivity index (χ2n) is 3.13. The number of hydrogen-bond acceptors (Lipinski definition) is 5. The molecule has 6 heteroatoms. The highest BCUT2D eigenvalue weighted by Gasteiger charge is 2.13. The maximum atomic E-state index is 10.8. The van der Waals surface area contributed by atoms with Gasteiger partial charge in [-0.2, -0.15) is 0 Å². The predicted molar refractivity (Wildman–Crippen MR) is 66.9 cm³/mol. The van der Waals surface area contributed by atoms with Gasteiger partial charge in [-0.25, -0.2) is 0 Å². The lowest BCUT2D eigenvalue weighted by Crippen LogP contribution is -1.89. The van der Waals surface area contributed by atoms with Crippen molar-refractivity contribution in [3.05, 3.63) is 50.7 Å². The number of rotatable bonds is 4. The van der Waals surface area contributed by atoms with Crippen molar-refractivity contribution in [3.8, 4) is 0 Å². The molecule has 0 bridgehead atoms. The summed E-state index contributed by atoms with van der Waals surface area (Å²) in [5, 5.41) is 12.6. The fourth-order valence-electron chi connectivity index (χ4n) is 1.27. The predicted octanol–water partition coefficient (Wildman–Crippen LogP) is 3.62. The number of carbonyl (C=O) groups is 1. The van der Waals surface area contributed by atoms with Crippen molar-refractivity contribution in [2.75, 3.05) is 0 Å². The Morgan fingerprint density at radius 3 is 2.76 bits per heavy atom. The van der Waals surface area contributed by atoms with Gasteiger partial charge in [0.05, 0.1) is 14.7 Å². The number of aldehydes is 1. The number of benzene rings is 1. The van der Waals surface area contributed by atoms with Crippen LogP contribution in [0.3, 0.4) is 0 Å². The quantitative estimate of drug-likeness (QED) is 0.481. The van der Waals surface area contributed by atoms with Crippen molar-refractivity contribution in [3.63, 3.8) is 0 Å². The molecule has 0 saturated heterocycles. The number of hydrogen-bond donors (Lipinski definition) is 0. The number of carbonyl (C=O) groups excluding carboxylic acids is 1. The molecule has 1 aromatic heterocycles. The second kappa shape index (κ2) is 5.11. The standard InChI is InChI=1S/C11H7NO3S2/c13-6-8-5-9(7-16-8)17-11-4-2-1-3-10(11)12(14)15/h1-7H. The zero-order valence-electron chi connectivity index (χ0n) is 8.53. The first-order chi connectivity index (χ1) is 8.20. The Morgan fingerprint density at radius 1 is 1.35 bits per heavy atom. The van der Waals surface area contributed by atoms with Crippen LogP contribution in [0, 0.1) is 10.1 Å². The summed E-state index contributed by atoms with van der Waals surface area (Å²) >= 11 is 2.61. The van der Waals surface area contributed by atoms with Gasteiger partial charge in [-0.05, 0) is 12.1 Å². The Hall–Kier alpha value is -1.66. The van der Waals surface area contributed by atoms with Gasteiger partial charge < -0.3 is 0 Å². The molecular weight excluding hydrogens is 258 g/mol. The zero-order valence-corrected chi connectivity index (χ0v) is 10.2. The van der Waals surface area contributed by atoms with Crippen LogP contribution in [-0.2, 0) is 0 Å². The molecule has 0 fully saturated rings. The summed E-state index contributed by atoms with van der Waals surface area (Å²) in [7, 11) is 0. The molecule has 4 nitrogen and oxygen atoms in total. The van der Waals surface area contributed by atoms with Crippen molar-refractivity contribution in [2.24, 2.45) is 0 Å². The molecule has 1 heterocycles. The summed E-state index contributed by atoms with van der Waals surface area (Å²) in [6, 6.07) is 8.27. The molecule has 0 unspecified atom stereocenters. The van der Waals surface area contributed by atoms with Crippen LogP contribution in [0.25, 0.3) is 0 Å². The molecule has 0 spiro atoms. The fraction of sp³-hybridized carbons (Fsp3) is 0. The van der Waals surface area contributed by atoms with Crippen LogP contribution in [0.2, 0.25) is 0 Å². The minimum absolute atomic E-state index is 0.0800. The van der Waals surface area contributed by atoms with E-state index >= 15 is 0 Å². The molecule has 1 aromatic carbocycles. The molecule has 0 N–H and O–H groups in total. The third kappa shape index (κ3) is 2.72. The van der Waals surface area contributed by atoms with E-state index in [1.807, 2.05) is 5.38 Å². The topological polar surface area (TPSA) is 60.2 Å². The molecule has 0 radical (unpaired) electrons. The molecule has 86 valence electrons. The molecule has 17 heavy (non-hydrogen) atoms. The summed E-state index contributed by atoms with van der Waals surface area (Å²) in [5.74, 6) is 0. The van der Waals surface area contributed by atoms with Gasteiger partial charge in [0.2, 0.25) is 0 Å². The van der Waals surface area contributed by atoms with Gasteiger partial charge in [0.1, 0.15) is 0 Å². The Morgan fingerprint density at radius 2 is 2.12 bits per heavy atom. The van der Waals surface area contributed by atoms with E-state index in [2.05, 4.69) is 0 Å². The van der Waals surface area contributed by atoms with Crippen LogP contribution in [-0.4, -0.2) is 11.2 Å². The van der Waals surface area contributed by atoms with Gasteiger partial charge in [0.25, 0.3) is 5.69 Å². The van der Waals surface area contributed by atoms with Crippen molar-refractivity contribution in [2.45, 2.75) is 9.79 Å². The lowest BCUT2D eigenvalue weighted by molar-refractivity contribution is -0.387.